The van der Waals surface area contributed by atoms with E-state index in [1.165, 1.54) is 7.11 Å². The molecule has 1 aromatic carbocycles. The summed E-state index contributed by atoms with van der Waals surface area (Å²) in [5, 5.41) is 9.65. The van der Waals surface area contributed by atoms with Crippen molar-refractivity contribution in [3.63, 3.8) is 0 Å². The van der Waals surface area contributed by atoms with Crippen molar-refractivity contribution in [1.82, 2.24) is 0 Å². The summed E-state index contributed by atoms with van der Waals surface area (Å²) in [6, 6.07) is 3.58. The van der Waals surface area contributed by atoms with Crippen molar-refractivity contribution >= 4 is 34.6 Å². The van der Waals surface area contributed by atoms with Crippen LogP contribution in [0.4, 0.5) is 0 Å². The summed E-state index contributed by atoms with van der Waals surface area (Å²) in [6.07, 6.45) is 3.78. The van der Waals surface area contributed by atoms with Crippen LogP contribution in [0.3, 0.4) is 0 Å². The van der Waals surface area contributed by atoms with Crippen LogP contribution in [0.5, 0.6) is 11.5 Å². The second-order valence-corrected chi connectivity index (χ2v) is 3.76. The van der Waals surface area contributed by atoms with Crippen molar-refractivity contribution in [3.05, 3.63) is 28.2 Å². The fourth-order valence-corrected chi connectivity index (χ4v) is 1.60. The highest BCUT2D eigenvalue weighted by molar-refractivity contribution is 9.10. The Kier molecular flexibility index (Phi) is 4.35. The number of rotatable bonds is 3. The molecule has 0 aliphatic carbocycles. The normalized spacial score (nSPS) is 10.8. The van der Waals surface area contributed by atoms with E-state index in [-0.39, 0.29) is 5.75 Å². The van der Waals surface area contributed by atoms with Gasteiger partial charge in [0.05, 0.1) is 11.6 Å². The van der Waals surface area contributed by atoms with Gasteiger partial charge in [-0.3, -0.25) is 0 Å². The van der Waals surface area contributed by atoms with Gasteiger partial charge in [0, 0.05) is 5.75 Å². The zero-order valence-corrected chi connectivity index (χ0v) is 10.2. The maximum absolute atomic E-state index is 9.65. The number of thiol groups is 1. The number of hydrogen-bond donors (Lipinski definition) is 2. The van der Waals surface area contributed by atoms with Crippen LogP contribution < -0.4 is 4.74 Å². The standard InChI is InChI=1S/C10H11BrO2S/c1-13-8-5-4-7(3-2-6-14)9(11)10(8)12/h2-5,12,14H,6H2,1H3. The third kappa shape index (κ3) is 2.45. The minimum atomic E-state index is 0.119. The van der Waals surface area contributed by atoms with Gasteiger partial charge >= 0.3 is 0 Å². The van der Waals surface area contributed by atoms with E-state index < -0.39 is 0 Å². The Hall–Kier alpha value is -0.610. The lowest BCUT2D eigenvalue weighted by molar-refractivity contribution is 0.372. The number of ether oxygens (including phenoxy) is 1. The molecule has 0 bridgehead atoms. The van der Waals surface area contributed by atoms with Crippen LogP contribution in [0.25, 0.3) is 6.08 Å². The Morgan fingerprint density at radius 2 is 2.29 bits per heavy atom. The van der Waals surface area contributed by atoms with E-state index >= 15 is 0 Å². The van der Waals surface area contributed by atoms with Crippen LogP contribution >= 0.6 is 28.6 Å². The van der Waals surface area contributed by atoms with Crippen molar-refractivity contribution in [1.29, 1.82) is 0 Å². The molecule has 14 heavy (non-hydrogen) atoms. The first kappa shape index (κ1) is 11.5. The molecule has 2 nitrogen and oxygen atoms in total. The van der Waals surface area contributed by atoms with Crippen LogP contribution in [-0.4, -0.2) is 18.0 Å². The van der Waals surface area contributed by atoms with Crippen molar-refractivity contribution in [2.45, 2.75) is 0 Å². The van der Waals surface area contributed by atoms with E-state index in [4.69, 9.17) is 4.74 Å². The second-order valence-electron chi connectivity index (χ2n) is 2.60. The SMILES string of the molecule is COc1ccc(C=CCS)c(Br)c1O. The van der Waals surface area contributed by atoms with Crippen molar-refractivity contribution in [2.24, 2.45) is 0 Å². The Morgan fingerprint density at radius 1 is 1.57 bits per heavy atom. The number of halogens is 1. The molecule has 0 spiro atoms. The van der Waals surface area contributed by atoms with E-state index in [1.807, 2.05) is 18.2 Å². The smallest absolute Gasteiger partial charge is 0.172 e. The highest BCUT2D eigenvalue weighted by Crippen LogP contribution is 2.36. The molecule has 0 atom stereocenters. The third-order valence-corrected chi connectivity index (χ3v) is 2.78. The van der Waals surface area contributed by atoms with Gasteiger partial charge in [0.2, 0.25) is 0 Å². The molecule has 4 heteroatoms. The molecule has 0 saturated carbocycles. The van der Waals surface area contributed by atoms with Gasteiger partial charge < -0.3 is 9.84 Å². The molecule has 0 saturated heterocycles. The first-order chi connectivity index (χ1) is 6.70. The van der Waals surface area contributed by atoms with Gasteiger partial charge in [0.25, 0.3) is 0 Å². The van der Waals surface area contributed by atoms with E-state index in [9.17, 15) is 5.11 Å². The van der Waals surface area contributed by atoms with Gasteiger partial charge in [-0.25, -0.2) is 0 Å². The minimum Gasteiger partial charge on any atom is -0.503 e. The van der Waals surface area contributed by atoms with Crippen LogP contribution in [0, 0.1) is 0 Å². The maximum Gasteiger partial charge on any atom is 0.172 e. The first-order valence-corrected chi connectivity index (χ1v) is 5.46. The molecule has 0 heterocycles. The average Bonchev–Trinajstić information content (AvgIpc) is 2.20. The van der Waals surface area contributed by atoms with Gasteiger partial charge in [-0.15, -0.1) is 0 Å². The summed E-state index contributed by atoms with van der Waals surface area (Å²) in [4.78, 5) is 0. The van der Waals surface area contributed by atoms with E-state index in [1.54, 1.807) is 6.07 Å². The van der Waals surface area contributed by atoms with Crippen LogP contribution in [0.1, 0.15) is 5.56 Å². The van der Waals surface area contributed by atoms with Crippen LogP contribution in [-0.2, 0) is 0 Å². The molecule has 0 aliphatic heterocycles. The number of hydrogen-bond acceptors (Lipinski definition) is 3. The lowest BCUT2D eigenvalue weighted by atomic mass is 10.2. The number of aromatic hydroxyl groups is 1. The molecule has 0 unspecified atom stereocenters. The second kappa shape index (κ2) is 5.32. The fraction of sp³-hybridized carbons (Fsp3) is 0.200. The number of methoxy groups -OCH3 is 1. The summed E-state index contributed by atoms with van der Waals surface area (Å²) < 4.78 is 5.60. The Morgan fingerprint density at radius 3 is 2.86 bits per heavy atom. The Balaban J connectivity index is 3.10. The summed E-state index contributed by atoms with van der Waals surface area (Å²) in [6.45, 7) is 0. The summed E-state index contributed by atoms with van der Waals surface area (Å²) in [5.74, 6) is 1.24. The average molecular weight is 275 g/mol. The molecular formula is C10H11BrO2S. The zero-order chi connectivity index (χ0) is 10.6. The molecular weight excluding hydrogens is 264 g/mol. The predicted molar refractivity (Wildman–Crippen MR) is 65.2 cm³/mol. The molecule has 0 aliphatic rings. The maximum atomic E-state index is 9.65. The predicted octanol–water partition coefficient (Wildman–Crippen LogP) is 3.11. The molecule has 0 amide bonds. The lowest BCUT2D eigenvalue weighted by Gasteiger charge is -2.06. The number of phenols is 1. The summed E-state index contributed by atoms with van der Waals surface area (Å²) in [5.41, 5.74) is 0.900. The van der Waals surface area contributed by atoms with E-state index in [0.717, 1.165) is 5.56 Å². The number of phenolic OH excluding ortho intramolecular Hbond substituents is 1. The quantitative estimate of drug-likeness (QED) is 0.830. The minimum absolute atomic E-state index is 0.119. The van der Waals surface area contributed by atoms with E-state index in [2.05, 4.69) is 28.6 Å². The Bertz CT molecular complexity index is 350. The molecule has 0 fully saturated rings. The Labute approximate surface area is 97.1 Å². The van der Waals surface area contributed by atoms with Gasteiger partial charge in [-0.2, -0.15) is 12.6 Å². The molecule has 1 rings (SSSR count). The molecule has 1 N–H and O–H groups in total. The fourth-order valence-electron chi connectivity index (χ4n) is 1.04. The topological polar surface area (TPSA) is 29.5 Å². The van der Waals surface area contributed by atoms with Crippen molar-refractivity contribution in [2.75, 3.05) is 12.9 Å². The third-order valence-electron chi connectivity index (χ3n) is 1.73. The number of benzene rings is 1. The van der Waals surface area contributed by atoms with Crippen LogP contribution in [0.2, 0.25) is 0 Å². The van der Waals surface area contributed by atoms with Crippen LogP contribution in [0.15, 0.2) is 22.7 Å². The summed E-state index contributed by atoms with van der Waals surface area (Å²) in [7, 11) is 1.52. The highest BCUT2D eigenvalue weighted by Gasteiger charge is 2.08. The summed E-state index contributed by atoms with van der Waals surface area (Å²) >= 11 is 7.36. The van der Waals surface area contributed by atoms with E-state index in [0.29, 0.717) is 16.0 Å². The zero-order valence-electron chi connectivity index (χ0n) is 7.70. The van der Waals surface area contributed by atoms with Gasteiger partial charge in [-0.05, 0) is 33.6 Å². The largest absolute Gasteiger partial charge is 0.503 e. The molecule has 0 aromatic heterocycles. The van der Waals surface area contributed by atoms with Gasteiger partial charge in [-0.1, -0.05) is 12.2 Å². The molecule has 1 aromatic rings. The van der Waals surface area contributed by atoms with Crippen molar-refractivity contribution < 1.29 is 9.84 Å². The van der Waals surface area contributed by atoms with Gasteiger partial charge in [0.1, 0.15) is 0 Å². The van der Waals surface area contributed by atoms with Crippen molar-refractivity contribution in [3.8, 4) is 11.5 Å². The first-order valence-electron chi connectivity index (χ1n) is 4.03. The highest BCUT2D eigenvalue weighted by atomic mass is 79.9. The monoisotopic (exact) mass is 274 g/mol. The van der Waals surface area contributed by atoms with Gasteiger partial charge in [0.15, 0.2) is 11.5 Å². The molecule has 76 valence electrons. The lowest BCUT2D eigenvalue weighted by Crippen LogP contribution is -1.86. The molecule has 0 radical (unpaired) electrons.